The maximum absolute atomic E-state index is 12.2. The number of rotatable bonds is 6. The van der Waals surface area contributed by atoms with Crippen molar-refractivity contribution in [2.75, 3.05) is 11.9 Å². The lowest BCUT2D eigenvalue weighted by Gasteiger charge is -2.21. The number of aliphatic hydroxyl groups is 3. The fourth-order valence-corrected chi connectivity index (χ4v) is 2.52. The molecule has 1 aliphatic rings. The Bertz CT molecular complexity index is 648. The molecule has 0 spiro atoms. The van der Waals surface area contributed by atoms with Crippen LogP contribution in [0.25, 0.3) is 0 Å². The minimum atomic E-state index is -1.38. The van der Waals surface area contributed by atoms with Crippen LogP contribution < -0.4 is 16.7 Å². The van der Waals surface area contributed by atoms with Gasteiger partial charge in [0.25, 0.3) is 0 Å². The summed E-state index contributed by atoms with van der Waals surface area (Å²) in [5.74, 6) is -0.521. The second kappa shape index (κ2) is 7.26. The Morgan fingerprint density at radius 1 is 1.46 bits per heavy atom. The first-order chi connectivity index (χ1) is 11.3. The van der Waals surface area contributed by atoms with Crippen molar-refractivity contribution in [3.63, 3.8) is 0 Å². The predicted octanol–water partition coefficient (Wildman–Crippen LogP) is -2.22. The van der Waals surface area contributed by atoms with Gasteiger partial charge >= 0.3 is 5.69 Å². The summed E-state index contributed by atoms with van der Waals surface area (Å²) in [7, 11) is 0. The summed E-state index contributed by atoms with van der Waals surface area (Å²) in [6.45, 7) is 3.09. The number of nitrogens with two attached hydrogens (primary N) is 1. The predicted molar refractivity (Wildman–Crippen MR) is 82.9 cm³/mol. The van der Waals surface area contributed by atoms with Gasteiger partial charge in [0.2, 0.25) is 5.91 Å². The lowest BCUT2D eigenvalue weighted by Crippen LogP contribution is -2.41. The average molecular weight is 342 g/mol. The number of carbonyl (C=O) groups excluding carboxylic acids is 1. The van der Waals surface area contributed by atoms with Gasteiger partial charge in [-0.15, -0.1) is 0 Å². The van der Waals surface area contributed by atoms with Gasteiger partial charge in [0.05, 0.1) is 6.61 Å². The standard InChI is InChI=1S/C14H22N4O6/c1-6(2)9(12(15)22)16-8-3-4-18(14(23)17-8)13-11(21)10(20)7(5-19)24-13/h3-4,6-7,9-11,13,19-21H,5H2,1-2H3,(H2,15,22)(H,16,17,23)/t7-,9?,10?,11?,13-/m1/s1. The highest BCUT2D eigenvalue weighted by molar-refractivity contribution is 5.82. The Morgan fingerprint density at radius 3 is 2.58 bits per heavy atom. The van der Waals surface area contributed by atoms with Crippen molar-refractivity contribution in [2.45, 2.75) is 44.4 Å². The maximum atomic E-state index is 12.2. The Kier molecular flexibility index (Phi) is 5.54. The fraction of sp³-hybridized carbons (Fsp3) is 0.643. The molecule has 2 rings (SSSR count). The number of primary amides is 1. The first kappa shape index (κ1) is 18.3. The van der Waals surface area contributed by atoms with Crippen LogP contribution in [0.5, 0.6) is 0 Å². The van der Waals surface area contributed by atoms with Gasteiger partial charge in [-0.05, 0) is 12.0 Å². The van der Waals surface area contributed by atoms with E-state index in [-0.39, 0.29) is 11.7 Å². The molecule has 1 aromatic heterocycles. The van der Waals surface area contributed by atoms with E-state index in [1.807, 2.05) is 0 Å². The molecule has 134 valence electrons. The molecule has 1 saturated heterocycles. The number of amides is 1. The first-order valence-corrected chi connectivity index (χ1v) is 7.53. The summed E-state index contributed by atoms with van der Waals surface area (Å²) >= 11 is 0. The highest BCUT2D eigenvalue weighted by atomic mass is 16.6. The number of hydrogen-bond acceptors (Lipinski definition) is 8. The first-order valence-electron chi connectivity index (χ1n) is 7.53. The topological polar surface area (TPSA) is 160 Å². The van der Waals surface area contributed by atoms with Crippen molar-refractivity contribution in [1.29, 1.82) is 0 Å². The number of hydrogen-bond donors (Lipinski definition) is 5. The van der Waals surface area contributed by atoms with Crippen molar-refractivity contribution in [3.05, 3.63) is 22.7 Å². The van der Waals surface area contributed by atoms with Gasteiger partial charge in [0, 0.05) is 6.20 Å². The zero-order chi connectivity index (χ0) is 18.0. The minimum Gasteiger partial charge on any atom is -0.394 e. The average Bonchev–Trinajstić information content (AvgIpc) is 2.80. The molecule has 1 aliphatic heterocycles. The van der Waals surface area contributed by atoms with Crippen molar-refractivity contribution in [3.8, 4) is 0 Å². The molecular formula is C14H22N4O6. The van der Waals surface area contributed by atoms with E-state index in [1.54, 1.807) is 13.8 Å². The maximum Gasteiger partial charge on any atom is 0.351 e. The van der Waals surface area contributed by atoms with E-state index in [9.17, 15) is 19.8 Å². The summed E-state index contributed by atoms with van der Waals surface area (Å²) in [5, 5.41) is 31.6. The summed E-state index contributed by atoms with van der Waals surface area (Å²) in [4.78, 5) is 27.3. The van der Waals surface area contributed by atoms with Crippen LogP contribution in [0.4, 0.5) is 5.82 Å². The third-order valence-corrected chi connectivity index (χ3v) is 3.90. The van der Waals surface area contributed by atoms with E-state index in [0.717, 1.165) is 4.57 Å². The van der Waals surface area contributed by atoms with Crippen molar-refractivity contribution < 1.29 is 24.9 Å². The zero-order valence-electron chi connectivity index (χ0n) is 13.4. The van der Waals surface area contributed by atoms with Gasteiger partial charge in [-0.3, -0.25) is 9.36 Å². The van der Waals surface area contributed by atoms with Crippen molar-refractivity contribution in [1.82, 2.24) is 9.55 Å². The van der Waals surface area contributed by atoms with Crippen LogP contribution in [0.2, 0.25) is 0 Å². The molecule has 0 saturated carbocycles. The van der Waals surface area contributed by atoms with Crippen LogP contribution >= 0.6 is 0 Å². The highest BCUT2D eigenvalue weighted by Crippen LogP contribution is 2.28. The zero-order valence-corrected chi connectivity index (χ0v) is 13.4. The third-order valence-electron chi connectivity index (χ3n) is 3.90. The number of aliphatic hydroxyl groups excluding tert-OH is 3. The number of aromatic nitrogens is 2. The molecule has 2 heterocycles. The van der Waals surface area contributed by atoms with E-state index >= 15 is 0 Å². The molecule has 5 atom stereocenters. The lowest BCUT2D eigenvalue weighted by atomic mass is 10.0. The fourth-order valence-electron chi connectivity index (χ4n) is 2.52. The third kappa shape index (κ3) is 3.56. The smallest absolute Gasteiger partial charge is 0.351 e. The Hall–Kier alpha value is -2.01. The molecule has 24 heavy (non-hydrogen) atoms. The lowest BCUT2D eigenvalue weighted by molar-refractivity contribution is -0.119. The molecule has 1 amide bonds. The van der Waals surface area contributed by atoms with E-state index in [4.69, 9.17) is 15.6 Å². The van der Waals surface area contributed by atoms with Gasteiger partial charge in [0.1, 0.15) is 30.2 Å². The molecule has 0 radical (unpaired) electrons. The van der Waals surface area contributed by atoms with Crippen LogP contribution in [0.1, 0.15) is 20.1 Å². The molecule has 1 aromatic rings. The molecule has 6 N–H and O–H groups in total. The van der Waals surface area contributed by atoms with Gasteiger partial charge in [-0.1, -0.05) is 13.8 Å². The monoisotopic (exact) mass is 342 g/mol. The molecule has 10 nitrogen and oxygen atoms in total. The second-order valence-electron chi connectivity index (χ2n) is 6.00. The van der Waals surface area contributed by atoms with Crippen LogP contribution in [-0.4, -0.2) is 61.7 Å². The van der Waals surface area contributed by atoms with Crippen LogP contribution in [0, 0.1) is 5.92 Å². The Labute approximate surface area is 137 Å². The summed E-state index contributed by atoms with van der Waals surface area (Å²) in [6.07, 6.45) is -3.53. The van der Waals surface area contributed by atoms with Crippen LogP contribution in [0.15, 0.2) is 17.1 Å². The van der Waals surface area contributed by atoms with Crippen molar-refractivity contribution in [2.24, 2.45) is 11.7 Å². The summed E-state index contributed by atoms with van der Waals surface area (Å²) < 4.78 is 6.28. The van der Waals surface area contributed by atoms with Gasteiger partial charge in [-0.2, -0.15) is 4.98 Å². The van der Waals surface area contributed by atoms with Gasteiger partial charge < -0.3 is 31.1 Å². The van der Waals surface area contributed by atoms with Crippen molar-refractivity contribution >= 4 is 11.7 Å². The SMILES string of the molecule is CC(C)C(Nc1ccn([C@@H]2O[C@H](CO)C(O)C2O)c(=O)n1)C(N)=O. The summed E-state index contributed by atoms with van der Waals surface area (Å²) in [5.41, 5.74) is 4.55. The van der Waals surface area contributed by atoms with Gasteiger partial charge in [0.15, 0.2) is 6.23 Å². The largest absolute Gasteiger partial charge is 0.394 e. The highest BCUT2D eigenvalue weighted by Gasteiger charge is 2.43. The normalized spacial score (nSPS) is 28.1. The molecule has 10 heteroatoms. The van der Waals surface area contributed by atoms with Gasteiger partial charge in [-0.25, -0.2) is 4.79 Å². The number of carbonyl (C=O) groups is 1. The minimum absolute atomic E-state index is 0.104. The molecule has 0 bridgehead atoms. The quantitative estimate of drug-likeness (QED) is 0.388. The molecule has 0 aromatic carbocycles. The number of nitrogens with one attached hydrogen (secondary N) is 1. The van der Waals surface area contributed by atoms with E-state index < -0.39 is 48.8 Å². The number of anilines is 1. The Morgan fingerprint density at radius 2 is 2.12 bits per heavy atom. The van der Waals surface area contributed by atoms with E-state index in [2.05, 4.69) is 10.3 Å². The molecular weight excluding hydrogens is 320 g/mol. The number of nitrogens with zero attached hydrogens (tertiary/aromatic N) is 2. The van der Waals surface area contributed by atoms with E-state index in [1.165, 1.54) is 12.3 Å². The van der Waals surface area contributed by atoms with Crippen LogP contribution in [0.3, 0.4) is 0 Å². The summed E-state index contributed by atoms with van der Waals surface area (Å²) in [6, 6.07) is 0.732. The number of ether oxygens (including phenoxy) is 1. The molecule has 0 aliphatic carbocycles. The van der Waals surface area contributed by atoms with E-state index in [0.29, 0.717) is 0 Å². The molecule has 1 fully saturated rings. The second-order valence-corrected chi connectivity index (χ2v) is 6.00. The Balaban J connectivity index is 2.22. The van der Waals surface area contributed by atoms with Crippen LogP contribution in [-0.2, 0) is 9.53 Å². The molecule has 3 unspecified atom stereocenters.